The van der Waals surface area contributed by atoms with Crippen LogP contribution >= 0.6 is 0 Å². The van der Waals surface area contributed by atoms with Crippen LogP contribution in [0, 0.1) is 11.7 Å². The molecule has 1 amide bonds. The summed E-state index contributed by atoms with van der Waals surface area (Å²) in [5, 5.41) is 4.51. The fourth-order valence-electron chi connectivity index (χ4n) is 3.63. The minimum atomic E-state index is -0.372. The molecule has 0 unspecified atom stereocenters. The molecule has 3 rings (SSSR count). The molecule has 7 heteroatoms. The zero-order valence-electron chi connectivity index (χ0n) is 16.6. The maximum atomic E-state index is 14.3. The smallest absolute Gasteiger partial charge is 0.307 e. The van der Waals surface area contributed by atoms with Crippen LogP contribution in [0.1, 0.15) is 48.4 Å². The van der Waals surface area contributed by atoms with E-state index in [4.69, 9.17) is 4.74 Å². The van der Waals surface area contributed by atoms with E-state index in [-0.39, 0.29) is 36.6 Å². The Balaban J connectivity index is 1.95. The van der Waals surface area contributed by atoms with Crippen molar-refractivity contribution in [3.05, 3.63) is 47.0 Å². The molecular weight excluding hydrogens is 361 g/mol. The van der Waals surface area contributed by atoms with E-state index in [0.717, 1.165) is 30.5 Å². The molecule has 0 fully saturated rings. The van der Waals surface area contributed by atoms with Crippen LogP contribution in [0.25, 0.3) is 5.69 Å². The van der Waals surface area contributed by atoms with Gasteiger partial charge in [-0.2, -0.15) is 5.10 Å². The van der Waals surface area contributed by atoms with Crippen molar-refractivity contribution in [1.29, 1.82) is 0 Å². The summed E-state index contributed by atoms with van der Waals surface area (Å²) in [5.41, 5.74) is 2.50. The molecule has 1 aromatic heterocycles. The molecule has 0 atom stereocenters. The SMILES string of the molecule is COC(=O)CCN(CC(C)C)C(=O)c1nn(-c2ccccc2F)c2c1CCC2. The Hall–Kier alpha value is -2.70. The topological polar surface area (TPSA) is 64.4 Å². The van der Waals surface area contributed by atoms with Gasteiger partial charge in [-0.1, -0.05) is 26.0 Å². The lowest BCUT2D eigenvalue weighted by Gasteiger charge is -2.23. The summed E-state index contributed by atoms with van der Waals surface area (Å²) in [4.78, 5) is 26.5. The lowest BCUT2D eigenvalue weighted by Crippen LogP contribution is -2.36. The van der Waals surface area contributed by atoms with Crippen LogP contribution in [-0.4, -0.2) is 46.8 Å². The van der Waals surface area contributed by atoms with Crippen LogP contribution in [0.5, 0.6) is 0 Å². The normalized spacial score (nSPS) is 12.9. The van der Waals surface area contributed by atoms with Gasteiger partial charge in [0.25, 0.3) is 5.91 Å². The Bertz CT molecular complexity index is 876. The number of methoxy groups -OCH3 is 1. The largest absolute Gasteiger partial charge is 0.469 e. The molecule has 2 aromatic rings. The van der Waals surface area contributed by atoms with Gasteiger partial charge in [0.15, 0.2) is 5.69 Å². The van der Waals surface area contributed by atoms with E-state index in [1.54, 1.807) is 27.8 Å². The molecule has 0 N–H and O–H groups in total. The lowest BCUT2D eigenvalue weighted by molar-refractivity contribution is -0.140. The highest BCUT2D eigenvalue weighted by atomic mass is 19.1. The minimum absolute atomic E-state index is 0.130. The highest BCUT2D eigenvalue weighted by molar-refractivity contribution is 5.94. The van der Waals surface area contributed by atoms with Gasteiger partial charge in [-0.15, -0.1) is 0 Å². The molecule has 0 radical (unpaired) electrons. The number of esters is 1. The van der Waals surface area contributed by atoms with Crippen molar-refractivity contribution >= 4 is 11.9 Å². The molecule has 150 valence electrons. The Labute approximate surface area is 164 Å². The van der Waals surface area contributed by atoms with Gasteiger partial charge in [-0.3, -0.25) is 9.59 Å². The van der Waals surface area contributed by atoms with E-state index in [1.807, 2.05) is 13.8 Å². The number of amides is 1. The number of benzene rings is 1. The van der Waals surface area contributed by atoms with Gasteiger partial charge in [0, 0.05) is 24.3 Å². The van der Waals surface area contributed by atoms with Gasteiger partial charge in [-0.25, -0.2) is 9.07 Å². The highest BCUT2D eigenvalue weighted by Gasteiger charge is 2.30. The second-order valence-electron chi connectivity index (χ2n) is 7.46. The molecule has 0 aliphatic heterocycles. The third-order valence-electron chi connectivity index (χ3n) is 4.90. The standard InChI is InChI=1S/C21H26FN3O3/c1-14(2)13-24(12-11-19(26)28-3)21(27)20-15-7-6-10-17(15)25(23-20)18-9-5-4-8-16(18)22/h4-5,8-9,14H,6-7,10-13H2,1-3H3. The van der Waals surface area contributed by atoms with Gasteiger partial charge in [0.05, 0.1) is 13.5 Å². The van der Waals surface area contributed by atoms with Gasteiger partial charge in [0.1, 0.15) is 11.5 Å². The Morgan fingerprint density at radius 1 is 1.29 bits per heavy atom. The Kier molecular flexibility index (Phi) is 6.11. The van der Waals surface area contributed by atoms with Crippen LogP contribution < -0.4 is 0 Å². The summed E-state index contributed by atoms with van der Waals surface area (Å²) in [5.74, 6) is -0.707. The fraction of sp³-hybridized carbons (Fsp3) is 0.476. The summed E-state index contributed by atoms with van der Waals surface area (Å²) in [6.07, 6.45) is 2.55. The van der Waals surface area contributed by atoms with Gasteiger partial charge in [-0.05, 0) is 37.3 Å². The number of nitrogens with zero attached hydrogens (tertiary/aromatic N) is 3. The van der Waals surface area contributed by atoms with Crippen molar-refractivity contribution in [3.8, 4) is 5.69 Å². The van der Waals surface area contributed by atoms with E-state index in [9.17, 15) is 14.0 Å². The predicted molar refractivity (Wildman–Crippen MR) is 103 cm³/mol. The summed E-state index contributed by atoms with van der Waals surface area (Å²) >= 11 is 0. The van der Waals surface area contributed by atoms with Crippen LogP contribution in [0.4, 0.5) is 4.39 Å². The summed E-state index contributed by atoms with van der Waals surface area (Å²) < 4.78 is 20.6. The second kappa shape index (κ2) is 8.54. The fourth-order valence-corrected chi connectivity index (χ4v) is 3.63. The first-order chi connectivity index (χ1) is 13.4. The van der Waals surface area contributed by atoms with E-state index in [1.165, 1.54) is 13.2 Å². The minimum Gasteiger partial charge on any atom is -0.469 e. The van der Waals surface area contributed by atoms with Gasteiger partial charge in [0.2, 0.25) is 0 Å². The first-order valence-corrected chi connectivity index (χ1v) is 9.64. The predicted octanol–water partition coefficient (Wildman–Crippen LogP) is 3.16. The molecule has 1 aliphatic rings. The van der Waals surface area contributed by atoms with E-state index in [2.05, 4.69) is 5.10 Å². The third-order valence-corrected chi connectivity index (χ3v) is 4.90. The summed E-state index contributed by atoms with van der Waals surface area (Å²) in [6.45, 7) is 4.81. The van der Waals surface area contributed by atoms with Crippen LogP contribution in [0.3, 0.4) is 0 Å². The number of aromatic nitrogens is 2. The number of carbonyl (C=O) groups is 2. The summed E-state index contributed by atoms with van der Waals surface area (Å²) in [7, 11) is 1.33. The third kappa shape index (κ3) is 4.08. The lowest BCUT2D eigenvalue weighted by atomic mass is 10.1. The van der Waals surface area contributed by atoms with Crippen LogP contribution in [0.15, 0.2) is 24.3 Å². The molecule has 1 heterocycles. The number of ether oxygens (including phenoxy) is 1. The highest BCUT2D eigenvalue weighted by Crippen LogP contribution is 2.29. The van der Waals surface area contributed by atoms with Crippen molar-refractivity contribution in [1.82, 2.24) is 14.7 Å². The number of carbonyl (C=O) groups excluding carboxylic acids is 2. The monoisotopic (exact) mass is 387 g/mol. The van der Waals surface area contributed by atoms with Crippen molar-refractivity contribution < 1.29 is 18.7 Å². The van der Waals surface area contributed by atoms with Crippen molar-refractivity contribution in [2.45, 2.75) is 39.5 Å². The molecule has 0 spiro atoms. The molecule has 6 nitrogen and oxygen atoms in total. The first-order valence-electron chi connectivity index (χ1n) is 9.64. The number of halogens is 1. The van der Waals surface area contributed by atoms with E-state index < -0.39 is 0 Å². The molecule has 1 aliphatic carbocycles. The van der Waals surface area contributed by atoms with Gasteiger partial charge >= 0.3 is 5.97 Å². The maximum Gasteiger partial charge on any atom is 0.307 e. The molecule has 0 bridgehead atoms. The molecule has 1 aromatic carbocycles. The number of hydrogen-bond donors (Lipinski definition) is 0. The first kappa shape index (κ1) is 20.0. The molecular formula is C21H26FN3O3. The second-order valence-corrected chi connectivity index (χ2v) is 7.46. The van der Waals surface area contributed by atoms with Crippen molar-refractivity contribution in [3.63, 3.8) is 0 Å². The Morgan fingerprint density at radius 3 is 2.71 bits per heavy atom. The van der Waals surface area contributed by atoms with Crippen LogP contribution in [-0.2, 0) is 22.4 Å². The van der Waals surface area contributed by atoms with Crippen molar-refractivity contribution in [2.24, 2.45) is 5.92 Å². The van der Waals surface area contributed by atoms with E-state index in [0.29, 0.717) is 17.9 Å². The molecule has 0 saturated heterocycles. The quantitative estimate of drug-likeness (QED) is 0.685. The molecule has 28 heavy (non-hydrogen) atoms. The summed E-state index contributed by atoms with van der Waals surface area (Å²) in [6, 6.07) is 6.44. The maximum absolute atomic E-state index is 14.3. The van der Waals surface area contributed by atoms with Gasteiger partial charge < -0.3 is 9.64 Å². The van der Waals surface area contributed by atoms with Crippen LogP contribution in [0.2, 0.25) is 0 Å². The Morgan fingerprint density at radius 2 is 2.04 bits per heavy atom. The van der Waals surface area contributed by atoms with E-state index >= 15 is 0 Å². The average molecular weight is 387 g/mol. The number of hydrogen-bond acceptors (Lipinski definition) is 4. The number of para-hydroxylation sites is 1. The zero-order chi connectivity index (χ0) is 20.3. The molecule has 0 saturated carbocycles. The zero-order valence-corrected chi connectivity index (χ0v) is 16.6. The number of rotatable bonds is 7. The number of fused-ring (bicyclic) bond motifs is 1. The van der Waals surface area contributed by atoms with Crippen molar-refractivity contribution in [2.75, 3.05) is 20.2 Å². The average Bonchev–Trinajstić information content (AvgIpc) is 3.27.